The van der Waals surface area contributed by atoms with E-state index in [4.69, 9.17) is 9.47 Å². The second-order valence-electron chi connectivity index (χ2n) is 7.53. The van der Waals surface area contributed by atoms with Crippen molar-refractivity contribution < 1.29 is 22.7 Å². The Hall–Kier alpha value is -2.74. The lowest BCUT2D eigenvalue weighted by atomic mass is 10.0. The Morgan fingerprint density at radius 2 is 1.71 bits per heavy atom. The predicted octanol–water partition coefficient (Wildman–Crippen LogP) is 3.56. The minimum absolute atomic E-state index is 0.146. The molecule has 0 bridgehead atoms. The zero-order valence-electron chi connectivity index (χ0n) is 18.6. The summed E-state index contributed by atoms with van der Waals surface area (Å²) in [4.78, 5) is 12.1. The molecule has 0 atom stereocenters. The zero-order valence-corrected chi connectivity index (χ0v) is 19.4. The van der Waals surface area contributed by atoms with E-state index in [1.165, 1.54) is 10.6 Å². The van der Waals surface area contributed by atoms with Gasteiger partial charge in [-0.15, -0.1) is 0 Å². The van der Waals surface area contributed by atoms with Crippen molar-refractivity contribution in [2.24, 2.45) is 0 Å². The molecule has 0 heterocycles. The molecule has 0 aliphatic rings. The summed E-state index contributed by atoms with van der Waals surface area (Å²) in [6.07, 6.45) is 1.82. The fourth-order valence-electron chi connectivity index (χ4n) is 3.07. The van der Waals surface area contributed by atoms with Gasteiger partial charge in [0.1, 0.15) is 6.61 Å². The molecule has 0 fully saturated rings. The summed E-state index contributed by atoms with van der Waals surface area (Å²) in [5.74, 6) is 1.48. The van der Waals surface area contributed by atoms with Gasteiger partial charge in [0.15, 0.2) is 11.5 Å². The molecule has 0 aliphatic carbocycles. The van der Waals surface area contributed by atoms with Crippen LogP contribution in [-0.4, -0.2) is 47.4 Å². The van der Waals surface area contributed by atoms with Crippen LogP contribution < -0.4 is 19.1 Å². The number of anilines is 1. The fraction of sp³-hybridized carbons (Fsp3) is 0.435. The smallest absolute Gasteiger partial charge is 0.232 e. The van der Waals surface area contributed by atoms with E-state index in [1.807, 2.05) is 36.4 Å². The van der Waals surface area contributed by atoms with Crippen molar-refractivity contribution in [3.8, 4) is 11.5 Å². The molecule has 170 valence electrons. The molecule has 0 unspecified atom stereocenters. The van der Waals surface area contributed by atoms with E-state index in [1.54, 1.807) is 19.2 Å². The van der Waals surface area contributed by atoms with E-state index in [0.29, 0.717) is 42.7 Å². The van der Waals surface area contributed by atoms with Crippen molar-refractivity contribution in [1.82, 2.24) is 5.32 Å². The number of carbonyl (C=O) groups is 1. The molecule has 0 saturated carbocycles. The van der Waals surface area contributed by atoms with Gasteiger partial charge in [-0.25, -0.2) is 8.42 Å². The van der Waals surface area contributed by atoms with Gasteiger partial charge in [-0.2, -0.15) is 0 Å². The maximum Gasteiger partial charge on any atom is 0.232 e. The maximum absolute atomic E-state index is 12.2. The second kappa shape index (κ2) is 11.6. The highest BCUT2D eigenvalue weighted by Gasteiger charge is 2.17. The zero-order chi connectivity index (χ0) is 22.9. The van der Waals surface area contributed by atoms with Gasteiger partial charge in [0.25, 0.3) is 0 Å². The molecular weight excluding hydrogens is 416 g/mol. The molecule has 1 amide bonds. The van der Waals surface area contributed by atoms with Gasteiger partial charge in [-0.3, -0.25) is 9.10 Å². The third kappa shape index (κ3) is 7.79. The largest absolute Gasteiger partial charge is 0.493 e. The van der Waals surface area contributed by atoms with Crippen molar-refractivity contribution in [1.29, 1.82) is 0 Å². The predicted molar refractivity (Wildman–Crippen MR) is 123 cm³/mol. The number of benzene rings is 2. The number of nitrogens with zero attached hydrogens (tertiary/aromatic N) is 1. The van der Waals surface area contributed by atoms with Crippen LogP contribution in [0.25, 0.3) is 0 Å². The van der Waals surface area contributed by atoms with Crippen LogP contribution in [0.1, 0.15) is 38.2 Å². The van der Waals surface area contributed by atoms with E-state index >= 15 is 0 Å². The molecule has 0 aromatic heterocycles. The number of nitrogens with one attached hydrogen (secondary N) is 1. The first-order chi connectivity index (χ1) is 14.7. The molecule has 8 heteroatoms. The lowest BCUT2D eigenvalue weighted by Gasteiger charge is -2.23. The second-order valence-corrected chi connectivity index (χ2v) is 9.44. The number of sulfonamides is 1. The first-order valence-corrected chi connectivity index (χ1v) is 12.2. The number of carbonyl (C=O) groups excluding carboxylic acids is 1. The summed E-state index contributed by atoms with van der Waals surface area (Å²) in [5.41, 5.74) is 1.75. The maximum atomic E-state index is 12.2. The number of rotatable bonds is 12. The van der Waals surface area contributed by atoms with Gasteiger partial charge in [-0.1, -0.05) is 38.1 Å². The minimum atomic E-state index is -3.44. The van der Waals surface area contributed by atoms with Crippen LogP contribution in [0.3, 0.4) is 0 Å². The van der Waals surface area contributed by atoms with E-state index < -0.39 is 10.0 Å². The third-order valence-electron chi connectivity index (χ3n) is 4.76. The molecule has 0 saturated heterocycles. The van der Waals surface area contributed by atoms with Crippen molar-refractivity contribution in [3.05, 3.63) is 54.1 Å². The topological polar surface area (TPSA) is 84.9 Å². The van der Waals surface area contributed by atoms with E-state index in [-0.39, 0.29) is 18.9 Å². The molecule has 1 N–H and O–H groups in total. The highest BCUT2D eigenvalue weighted by atomic mass is 32.2. The van der Waals surface area contributed by atoms with Gasteiger partial charge in [-0.05, 0) is 42.2 Å². The molecule has 0 spiro atoms. The standard InChI is InChI=1S/C23H32N2O5S/c1-18(2)19-11-13-20(14-12-19)25(31(4,27)28)16-7-10-23(26)24-15-17-30-22-9-6-5-8-21(22)29-3/h5-6,8-9,11-14,18H,7,10,15-17H2,1-4H3,(H,24,26). The van der Waals surface area contributed by atoms with Crippen LogP contribution in [0.5, 0.6) is 11.5 Å². The highest BCUT2D eigenvalue weighted by molar-refractivity contribution is 7.92. The van der Waals surface area contributed by atoms with Gasteiger partial charge < -0.3 is 14.8 Å². The quantitative estimate of drug-likeness (QED) is 0.502. The Kier molecular flexibility index (Phi) is 9.18. The number of hydrogen-bond donors (Lipinski definition) is 1. The van der Waals surface area contributed by atoms with Crippen LogP contribution in [0, 0.1) is 0 Å². The molecule has 0 aliphatic heterocycles. The summed E-state index contributed by atoms with van der Waals surface area (Å²) in [6.45, 7) is 5.07. The van der Waals surface area contributed by atoms with E-state index in [0.717, 1.165) is 5.56 Å². The van der Waals surface area contributed by atoms with Crippen LogP contribution in [-0.2, 0) is 14.8 Å². The molecule has 2 aromatic rings. The molecular formula is C23H32N2O5S. The third-order valence-corrected chi connectivity index (χ3v) is 5.96. The summed E-state index contributed by atoms with van der Waals surface area (Å²) in [5, 5.41) is 2.79. The summed E-state index contributed by atoms with van der Waals surface area (Å²) in [6, 6.07) is 14.8. The van der Waals surface area contributed by atoms with Crippen molar-refractivity contribution in [2.75, 3.05) is 37.4 Å². The van der Waals surface area contributed by atoms with Crippen LogP contribution in [0.2, 0.25) is 0 Å². The minimum Gasteiger partial charge on any atom is -0.493 e. The van der Waals surface area contributed by atoms with Gasteiger partial charge in [0, 0.05) is 13.0 Å². The average molecular weight is 449 g/mol. The van der Waals surface area contributed by atoms with Crippen molar-refractivity contribution >= 4 is 21.6 Å². The molecule has 31 heavy (non-hydrogen) atoms. The van der Waals surface area contributed by atoms with Crippen molar-refractivity contribution in [2.45, 2.75) is 32.6 Å². The lowest BCUT2D eigenvalue weighted by molar-refractivity contribution is -0.121. The summed E-state index contributed by atoms with van der Waals surface area (Å²) < 4.78 is 36.6. The average Bonchev–Trinajstić information content (AvgIpc) is 2.73. The first-order valence-electron chi connectivity index (χ1n) is 10.3. The van der Waals surface area contributed by atoms with Gasteiger partial charge >= 0.3 is 0 Å². The van der Waals surface area contributed by atoms with E-state index in [9.17, 15) is 13.2 Å². The first kappa shape index (κ1) is 24.5. The van der Waals surface area contributed by atoms with Crippen LogP contribution in [0.4, 0.5) is 5.69 Å². The van der Waals surface area contributed by atoms with Crippen molar-refractivity contribution in [3.63, 3.8) is 0 Å². The normalized spacial score (nSPS) is 11.3. The number of hydrogen-bond acceptors (Lipinski definition) is 5. The van der Waals surface area contributed by atoms with Crippen LogP contribution >= 0.6 is 0 Å². The highest BCUT2D eigenvalue weighted by Crippen LogP contribution is 2.25. The summed E-state index contributed by atoms with van der Waals surface area (Å²) >= 11 is 0. The molecule has 7 nitrogen and oxygen atoms in total. The Balaban J connectivity index is 1.79. The molecule has 0 radical (unpaired) electrons. The monoisotopic (exact) mass is 448 g/mol. The number of para-hydroxylation sites is 2. The Bertz CT molecular complexity index is 943. The lowest BCUT2D eigenvalue weighted by Crippen LogP contribution is -2.32. The SMILES string of the molecule is COc1ccccc1OCCNC(=O)CCCN(c1ccc(C(C)C)cc1)S(C)(=O)=O. The summed E-state index contributed by atoms with van der Waals surface area (Å²) in [7, 11) is -1.87. The molecule has 2 aromatic carbocycles. The Morgan fingerprint density at radius 1 is 1.06 bits per heavy atom. The molecule has 2 rings (SSSR count). The fourth-order valence-corrected chi connectivity index (χ4v) is 4.04. The Labute approximate surface area is 185 Å². The number of methoxy groups -OCH3 is 1. The van der Waals surface area contributed by atoms with Crippen LogP contribution in [0.15, 0.2) is 48.5 Å². The number of ether oxygens (including phenoxy) is 2. The van der Waals surface area contributed by atoms with Gasteiger partial charge in [0.05, 0.1) is 25.6 Å². The number of amides is 1. The van der Waals surface area contributed by atoms with Gasteiger partial charge in [0.2, 0.25) is 15.9 Å². The van der Waals surface area contributed by atoms with E-state index in [2.05, 4.69) is 19.2 Å². The Morgan fingerprint density at radius 3 is 2.29 bits per heavy atom.